The van der Waals surface area contributed by atoms with Crippen LogP contribution in [0.3, 0.4) is 0 Å². The summed E-state index contributed by atoms with van der Waals surface area (Å²) < 4.78 is 46.9. The Morgan fingerprint density at radius 2 is 1.33 bits per heavy atom. The van der Waals surface area contributed by atoms with E-state index >= 15 is 0 Å². The summed E-state index contributed by atoms with van der Waals surface area (Å²) in [4.78, 5) is 61.4. The number of alkyl halides is 3. The monoisotopic (exact) mass is 618 g/mol. The molecule has 0 aliphatic carbocycles. The van der Waals surface area contributed by atoms with E-state index in [0.29, 0.717) is 0 Å². The molecule has 0 spiro atoms. The molecular weight excluding hydrogens is 593 g/mol. The number of aryl methyl sites for hydroxylation is 1. The molecule has 0 heterocycles. The Balaban J connectivity index is 1.63. The Labute approximate surface area is 254 Å². The van der Waals surface area contributed by atoms with Crippen LogP contribution in [-0.2, 0) is 4.79 Å². The van der Waals surface area contributed by atoms with Crippen LogP contribution in [-0.4, -0.2) is 48.4 Å². The number of benzene rings is 4. The van der Waals surface area contributed by atoms with Gasteiger partial charge in [-0.3, -0.25) is 19.2 Å². The van der Waals surface area contributed by atoms with E-state index < -0.39 is 35.7 Å². The first-order valence-corrected chi connectivity index (χ1v) is 13.3. The molecule has 0 fully saturated rings. The molecule has 45 heavy (non-hydrogen) atoms. The highest BCUT2D eigenvalue weighted by molar-refractivity contribution is 6.14. The largest absolute Gasteiger partial charge is 0.478 e. The first kappa shape index (κ1) is 32.1. The topological polar surface area (TPSA) is 139 Å². The number of hydrogen-bond donors (Lipinski definition) is 3. The Morgan fingerprint density at radius 3 is 1.87 bits per heavy atom. The van der Waals surface area contributed by atoms with E-state index in [-0.39, 0.29) is 56.9 Å². The van der Waals surface area contributed by atoms with Crippen LogP contribution in [0.4, 0.5) is 18.9 Å². The molecule has 0 aromatic heterocycles. The summed E-state index contributed by atoms with van der Waals surface area (Å²) in [5.41, 5.74) is -0.00999. The highest BCUT2D eigenvalue weighted by atomic mass is 19.4. The molecule has 0 bridgehead atoms. The zero-order valence-corrected chi connectivity index (χ0v) is 23.8. The van der Waals surface area contributed by atoms with Crippen molar-refractivity contribution in [3.05, 3.63) is 129 Å². The number of ether oxygens (including phenoxy) is 1. The van der Waals surface area contributed by atoms with Crippen molar-refractivity contribution in [3.63, 3.8) is 0 Å². The Kier molecular flexibility index (Phi) is 9.46. The number of halogens is 3. The lowest BCUT2D eigenvalue weighted by Gasteiger charge is -2.22. The van der Waals surface area contributed by atoms with Crippen LogP contribution < -0.4 is 15.4 Å². The molecule has 4 rings (SSSR count). The van der Waals surface area contributed by atoms with Gasteiger partial charge in [0.2, 0.25) is 0 Å². The number of carboxylic acids is 1. The number of anilines is 1. The fourth-order valence-electron chi connectivity index (χ4n) is 4.65. The summed E-state index contributed by atoms with van der Waals surface area (Å²) in [6.07, 6.45) is -4.58. The minimum atomic E-state index is -4.58. The van der Waals surface area contributed by atoms with Crippen LogP contribution in [0.15, 0.2) is 84.9 Å². The second-order valence-corrected chi connectivity index (χ2v) is 9.86. The highest BCUT2D eigenvalue weighted by Gasteiger charge is 2.41. The first-order chi connectivity index (χ1) is 21.3. The zero-order chi connectivity index (χ0) is 32.9. The lowest BCUT2D eigenvalue weighted by atomic mass is 9.90. The average Bonchev–Trinajstić information content (AvgIpc) is 3.01. The molecule has 4 aromatic carbocycles. The predicted molar refractivity (Wildman–Crippen MR) is 157 cm³/mol. The van der Waals surface area contributed by atoms with Crippen LogP contribution in [0.2, 0.25) is 0 Å². The third kappa shape index (κ3) is 7.24. The number of amides is 2. The molecule has 4 aromatic rings. The molecule has 0 saturated heterocycles. The minimum Gasteiger partial charge on any atom is -0.478 e. The van der Waals surface area contributed by atoms with E-state index in [9.17, 15) is 42.3 Å². The second-order valence-electron chi connectivity index (χ2n) is 9.86. The first-order valence-electron chi connectivity index (χ1n) is 13.3. The molecule has 3 N–H and O–H groups in total. The van der Waals surface area contributed by atoms with Gasteiger partial charge in [-0.25, -0.2) is 4.79 Å². The van der Waals surface area contributed by atoms with Gasteiger partial charge in [-0.2, -0.15) is 13.2 Å². The van der Waals surface area contributed by atoms with Crippen LogP contribution >= 0.6 is 0 Å². The molecule has 1 atom stereocenters. The third-order valence-electron chi connectivity index (χ3n) is 6.89. The quantitative estimate of drug-likeness (QED) is 0.152. The zero-order valence-electron chi connectivity index (χ0n) is 23.8. The van der Waals surface area contributed by atoms with E-state index in [1.54, 1.807) is 19.1 Å². The summed E-state index contributed by atoms with van der Waals surface area (Å²) in [5.74, 6) is -5.73. The smallest absolute Gasteiger partial charge is 0.399 e. The van der Waals surface area contributed by atoms with Crippen molar-refractivity contribution in [3.8, 4) is 5.75 Å². The summed E-state index contributed by atoms with van der Waals surface area (Å²) in [6.45, 7) is 1.84. The molecule has 9 nitrogen and oxygen atoms in total. The van der Waals surface area contributed by atoms with E-state index in [2.05, 4.69) is 10.6 Å². The number of aromatic carboxylic acids is 1. The number of nitrogens with one attached hydrogen (secondary N) is 2. The van der Waals surface area contributed by atoms with Gasteiger partial charge in [0.1, 0.15) is 11.7 Å². The SMILES string of the molecule is CNC(=O)c1cc(C(=O)c2ccc(OC=O)c(C(=O)Nc3ccc(C(c4ccc(C)cc4)C(F)(F)F)cc3)c2)ccc1C(=O)O. The molecule has 0 aliphatic heterocycles. The minimum absolute atomic E-state index is 0.0491. The fraction of sp³-hybridized carbons (Fsp3) is 0.121. The second kappa shape index (κ2) is 13.2. The van der Waals surface area contributed by atoms with E-state index in [1.807, 2.05) is 0 Å². The van der Waals surface area contributed by atoms with Crippen LogP contribution in [0.25, 0.3) is 0 Å². The molecule has 0 radical (unpaired) electrons. The van der Waals surface area contributed by atoms with Gasteiger partial charge in [-0.1, -0.05) is 48.0 Å². The lowest BCUT2D eigenvalue weighted by molar-refractivity contribution is -0.141. The van der Waals surface area contributed by atoms with Crippen molar-refractivity contribution in [2.75, 3.05) is 12.4 Å². The van der Waals surface area contributed by atoms with Gasteiger partial charge in [0.05, 0.1) is 16.7 Å². The molecule has 1 unspecified atom stereocenters. The molecule has 0 saturated carbocycles. The van der Waals surface area contributed by atoms with Crippen molar-refractivity contribution in [2.24, 2.45) is 0 Å². The maximum atomic E-state index is 14.0. The predicted octanol–water partition coefficient (Wildman–Crippen LogP) is 5.77. The lowest BCUT2D eigenvalue weighted by Crippen LogP contribution is -2.22. The van der Waals surface area contributed by atoms with Gasteiger partial charge >= 0.3 is 12.1 Å². The number of carbonyl (C=O) groups excluding carboxylic acids is 4. The summed E-state index contributed by atoms with van der Waals surface area (Å²) in [5, 5.41) is 14.2. The highest BCUT2D eigenvalue weighted by Crippen LogP contribution is 2.40. The van der Waals surface area contributed by atoms with E-state index in [4.69, 9.17) is 4.74 Å². The normalized spacial score (nSPS) is 11.7. The number of hydrogen-bond acceptors (Lipinski definition) is 6. The van der Waals surface area contributed by atoms with Crippen LogP contribution in [0.1, 0.15) is 69.6 Å². The fourth-order valence-corrected chi connectivity index (χ4v) is 4.65. The molecule has 230 valence electrons. The molecule has 0 aliphatic rings. The summed E-state index contributed by atoms with van der Waals surface area (Å²) in [6, 6.07) is 18.1. The Bertz CT molecular complexity index is 1780. The number of rotatable bonds is 10. The van der Waals surface area contributed by atoms with Gasteiger partial charge < -0.3 is 20.5 Å². The van der Waals surface area contributed by atoms with Crippen LogP contribution in [0, 0.1) is 6.92 Å². The number of carbonyl (C=O) groups is 5. The summed E-state index contributed by atoms with van der Waals surface area (Å²) >= 11 is 0. The Hall–Kier alpha value is -5.78. The Morgan fingerprint density at radius 1 is 0.778 bits per heavy atom. The van der Waals surface area contributed by atoms with Crippen molar-refractivity contribution in [2.45, 2.75) is 19.0 Å². The maximum Gasteiger partial charge on any atom is 0.399 e. The van der Waals surface area contributed by atoms with Gasteiger partial charge in [-0.05, 0) is 60.5 Å². The molecule has 2 amide bonds. The van der Waals surface area contributed by atoms with Gasteiger partial charge in [0.25, 0.3) is 18.3 Å². The van der Waals surface area contributed by atoms with Crippen LogP contribution in [0.5, 0.6) is 5.75 Å². The number of carboxylic acid groups (broad SMARTS) is 1. The standard InChI is InChI=1S/C33H25F3N2O7/c1-18-3-5-19(6-4-18)28(33(34,35)36)20-7-11-23(12-8-20)38-31(42)26-16-22(10-14-27(26)45-17-39)29(40)21-9-13-24(32(43)44)25(15-21)30(41)37-2/h3-17,28H,1-2H3,(H,37,41)(H,38,42)(H,43,44). The maximum absolute atomic E-state index is 14.0. The van der Waals surface area contributed by atoms with E-state index in [1.165, 1.54) is 61.6 Å². The molecular formula is C33H25F3N2O7. The summed E-state index contributed by atoms with van der Waals surface area (Å²) in [7, 11) is 1.30. The van der Waals surface area contributed by atoms with E-state index in [0.717, 1.165) is 23.8 Å². The van der Waals surface area contributed by atoms with Gasteiger partial charge in [-0.15, -0.1) is 0 Å². The number of ketones is 1. The van der Waals surface area contributed by atoms with Crippen molar-refractivity contribution < 1.29 is 47.0 Å². The molecule has 12 heteroatoms. The average molecular weight is 619 g/mol. The van der Waals surface area contributed by atoms with Crippen molar-refractivity contribution in [1.82, 2.24) is 5.32 Å². The third-order valence-corrected chi connectivity index (χ3v) is 6.89. The van der Waals surface area contributed by atoms with Gasteiger partial charge in [0.15, 0.2) is 5.78 Å². The van der Waals surface area contributed by atoms with Crippen molar-refractivity contribution in [1.29, 1.82) is 0 Å². The van der Waals surface area contributed by atoms with Gasteiger partial charge in [0, 0.05) is 23.9 Å². The van der Waals surface area contributed by atoms with Crippen molar-refractivity contribution >= 4 is 35.7 Å².